The van der Waals surface area contributed by atoms with Gasteiger partial charge in [-0.15, -0.1) is 22.7 Å². The third-order valence-electron chi connectivity index (χ3n) is 15.6. The van der Waals surface area contributed by atoms with Gasteiger partial charge in [-0.25, -0.2) is 0 Å². The first-order valence-corrected chi connectivity index (χ1v) is 27.7. The van der Waals surface area contributed by atoms with Crippen LogP contribution in [0.5, 0.6) is 0 Å². The maximum Gasteiger partial charge on any atom is 0.135 e. The highest BCUT2D eigenvalue weighted by molar-refractivity contribution is 7.26. The normalized spacial score (nSPS) is 11.9. The number of rotatable bonds is 8. The minimum absolute atomic E-state index is 0.896. The highest BCUT2D eigenvalue weighted by atomic mass is 32.1. The molecule has 0 saturated heterocycles. The molecule has 0 atom stereocenters. The van der Waals surface area contributed by atoms with Crippen molar-refractivity contribution in [2.45, 2.75) is 0 Å². The van der Waals surface area contributed by atoms with E-state index in [4.69, 9.17) is 4.42 Å². The second kappa shape index (κ2) is 17.5. The summed E-state index contributed by atoms with van der Waals surface area (Å²) in [6.45, 7) is 0. The van der Waals surface area contributed by atoms with Crippen LogP contribution in [0.1, 0.15) is 0 Å². The molecule has 12 aromatic carbocycles. The van der Waals surface area contributed by atoms with Gasteiger partial charge in [0.05, 0.1) is 11.0 Å². The van der Waals surface area contributed by atoms with Gasteiger partial charge in [-0.1, -0.05) is 140 Å². The number of hydrogen-bond donors (Lipinski definition) is 0. The zero-order valence-electron chi connectivity index (χ0n) is 41.5. The van der Waals surface area contributed by atoms with Gasteiger partial charge >= 0.3 is 0 Å². The van der Waals surface area contributed by atoms with Gasteiger partial charge in [0.2, 0.25) is 0 Å². The summed E-state index contributed by atoms with van der Waals surface area (Å²) in [5.74, 6) is 0. The van der Waals surface area contributed by atoms with Gasteiger partial charge in [-0.05, 0) is 172 Å². The van der Waals surface area contributed by atoms with Crippen molar-refractivity contribution in [3.63, 3.8) is 0 Å². The number of para-hydroxylation sites is 3. The van der Waals surface area contributed by atoms with E-state index >= 15 is 0 Å². The molecule has 0 aliphatic carbocycles. The standard InChI is InChI=1S/C72H44N2OS2/c1-2-12-53(13-3-1)74-65-18-8-4-14-57(65)61-41-49(26-34-66(61)74)51-38-52(50-29-37-72-64(44-50)60-17-7-11-21-70(60)77-72)40-56(39-51)73(54-30-22-45(23-31-54)47-27-35-68-62(42-47)58-15-5-9-19-67(58)75-68)55-32-24-46(25-33-55)48-28-36-71-63(43-48)59-16-6-10-20-69(59)76-71/h1-44H. The molecule has 0 saturated carbocycles. The maximum atomic E-state index is 6.23. The van der Waals surface area contributed by atoms with Gasteiger partial charge in [-0.2, -0.15) is 0 Å². The Balaban J connectivity index is 0.885. The summed E-state index contributed by atoms with van der Waals surface area (Å²) >= 11 is 3.71. The predicted octanol–water partition coefficient (Wildman–Crippen LogP) is 21.6. The Hall–Kier alpha value is -9.52. The molecule has 0 fully saturated rings. The van der Waals surface area contributed by atoms with Gasteiger partial charge in [0.25, 0.3) is 0 Å². The molecule has 77 heavy (non-hydrogen) atoms. The van der Waals surface area contributed by atoms with Gasteiger partial charge in [0, 0.05) is 84.6 Å². The first kappa shape index (κ1) is 43.8. The molecule has 0 spiro atoms. The smallest absolute Gasteiger partial charge is 0.135 e. The number of anilines is 3. The van der Waals surface area contributed by atoms with Crippen molar-refractivity contribution < 1.29 is 4.42 Å². The van der Waals surface area contributed by atoms with Crippen LogP contribution in [0.4, 0.5) is 17.1 Å². The summed E-state index contributed by atoms with van der Waals surface area (Å²) in [7, 11) is 0. The quantitative estimate of drug-likeness (QED) is 0.151. The van der Waals surface area contributed by atoms with Crippen molar-refractivity contribution in [3.8, 4) is 50.2 Å². The highest BCUT2D eigenvalue weighted by Gasteiger charge is 2.20. The molecular weight excluding hydrogens is 973 g/mol. The molecule has 3 nitrogen and oxygen atoms in total. The fraction of sp³-hybridized carbons (Fsp3) is 0. The molecule has 360 valence electrons. The van der Waals surface area contributed by atoms with Crippen molar-refractivity contribution in [3.05, 3.63) is 267 Å². The summed E-state index contributed by atoms with van der Waals surface area (Å²) in [6, 6.07) is 98.2. The largest absolute Gasteiger partial charge is 0.456 e. The van der Waals surface area contributed by atoms with Crippen LogP contribution >= 0.6 is 22.7 Å². The fourth-order valence-electron chi connectivity index (χ4n) is 11.9. The molecule has 16 rings (SSSR count). The van der Waals surface area contributed by atoms with Crippen LogP contribution in [-0.4, -0.2) is 4.57 Å². The molecule has 0 unspecified atom stereocenters. The molecule has 0 amide bonds. The third-order valence-corrected chi connectivity index (χ3v) is 17.9. The van der Waals surface area contributed by atoms with E-state index in [-0.39, 0.29) is 0 Å². The van der Waals surface area contributed by atoms with E-state index in [2.05, 4.69) is 264 Å². The summed E-state index contributed by atoms with van der Waals surface area (Å²) < 4.78 is 13.8. The predicted molar refractivity (Wildman–Crippen MR) is 330 cm³/mol. The molecule has 0 aliphatic heterocycles. The average molecular weight is 1020 g/mol. The lowest BCUT2D eigenvalue weighted by Crippen LogP contribution is -2.10. The minimum atomic E-state index is 0.896. The van der Waals surface area contributed by atoms with E-state index in [1.807, 2.05) is 34.8 Å². The molecule has 4 heterocycles. The van der Waals surface area contributed by atoms with Gasteiger partial charge in [0.15, 0.2) is 0 Å². The van der Waals surface area contributed by atoms with Crippen molar-refractivity contribution in [2.75, 3.05) is 4.90 Å². The van der Waals surface area contributed by atoms with Crippen molar-refractivity contribution in [1.29, 1.82) is 0 Å². The van der Waals surface area contributed by atoms with E-state index in [1.54, 1.807) is 0 Å². The second-order valence-corrected chi connectivity index (χ2v) is 22.2. The molecular formula is C72H44N2OS2. The first-order chi connectivity index (χ1) is 38.1. The fourth-order valence-corrected chi connectivity index (χ4v) is 14.0. The summed E-state index contributed by atoms with van der Waals surface area (Å²) in [4.78, 5) is 2.43. The van der Waals surface area contributed by atoms with Gasteiger partial charge < -0.3 is 13.9 Å². The Morgan fingerprint density at radius 1 is 0.260 bits per heavy atom. The third kappa shape index (κ3) is 7.31. The van der Waals surface area contributed by atoms with Crippen LogP contribution in [0, 0.1) is 0 Å². The van der Waals surface area contributed by atoms with Crippen LogP contribution in [0.2, 0.25) is 0 Å². The number of aromatic nitrogens is 1. The number of benzene rings is 12. The Labute approximate surface area is 452 Å². The average Bonchev–Trinajstić information content (AvgIpc) is 4.26. The van der Waals surface area contributed by atoms with Crippen molar-refractivity contribution in [2.24, 2.45) is 0 Å². The Bertz CT molecular complexity index is 4820. The van der Waals surface area contributed by atoms with Gasteiger partial charge in [-0.3, -0.25) is 0 Å². The molecule has 4 aromatic heterocycles. The van der Waals surface area contributed by atoms with E-state index in [9.17, 15) is 0 Å². The zero-order chi connectivity index (χ0) is 50.6. The van der Waals surface area contributed by atoms with Gasteiger partial charge in [0.1, 0.15) is 11.2 Å². The van der Waals surface area contributed by atoms with E-state index < -0.39 is 0 Å². The Morgan fingerprint density at radius 2 is 0.701 bits per heavy atom. The van der Waals surface area contributed by atoms with Crippen LogP contribution < -0.4 is 4.90 Å². The highest BCUT2D eigenvalue weighted by Crippen LogP contribution is 2.45. The Morgan fingerprint density at radius 3 is 1.34 bits per heavy atom. The van der Waals surface area contributed by atoms with E-state index in [0.717, 1.165) is 72.5 Å². The number of furan rings is 1. The number of fused-ring (bicyclic) bond motifs is 12. The minimum Gasteiger partial charge on any atom is -0.456 e. The lowest BCUT2D eigenvalue weighted by molar-refractivity contribution is 0.669. The SMILES string of the molecule is c1ccc(-n2c3ccccc3c3cc(-c4cc(-c5ccc6sc7ccccc7c6c5)cc(N(c5ccc(-c6ccc7oc8ccccc8c7c6)cc5)c5ccc(-c6ccc7sc8ccccc8c7c6)cc5)c4)ccc32)cc1. The van der Waals surface area contributed by atoms with E-state index in [1.165, 1.54) is 78.8 Å². The van der Waals surface area contributed by atoms with Crippen LogP contribution in [0.3, 0.4) is 0 Å². The van der Waals surface area contributed by atoms with Crippen LogP contribution in [0.15, 0.2) is 271 Å². The van der Waals surface area contributed by atoms with Crippen LogP contribution in [-0.2, 0) is 0 Å². The lowest BCUT2D eigenvalue weighted by Gasteiger charge is -2.27. The van der Waals surface area contributed by atoms with Crippen molar-refractivity contribution in [1.82, 2.24) is 4.57 Å². The number of nitrogens with zero attached hydrogens (tertiary/aromatic N) is 2. The molecule has 0 N–H and O–H groups in total. The zero-order valence-corrected chi connectivity index (χ0v) is 43.2. The molecule has 0 aliphatic rings. The Kier molecular flexibility index (Phi) is 9.99. The topological polar surface area (TPSA) is 21.3 Å². The number of thiophene rings is 2. The second-order valence-electron chi connectivity index (χ2n) is 20.0. The monoisotopic (exact) mass is 1020 g/mol. The van der Waals surface area contributed by atoms with E-state index in [0.29, 0.717) is 0 Å². The molecule has 16 aromatic rings. The van der Waals surface area contributed by atoms with Crippen LogP contribution in [0.25, 0.3) is 134 Å². The molecule has 0 bridgehead atoms. The summed E-state index contributed by atoms with van der Waals surface area (Å²) in [6.07, 6.45) is 0. The molecule has 0 radical (unpaired) electrons. The maximum absolute atomic E-state index is 6.23. The number of hydrogen-bond acceptors (Lipinski definition) is 4. The summed E-state index contributed by atoms with van der Waals surface area (Å²) in [5.41, 5.74) is 17.8. The lowest BCUT2D eigenvalue weighted by atomic mass is 9.95. The first-order valence-electron chi connectivity index (χ1n) is 26.1. The summed E-state index contributed by atoms with van der Waals surface area (Å²) in [5, 5.41) is 9.88. The van der Waals surface area contributed by atoms with Crippen molar-refractivity contribution >= 4 is 124 Å². The molecule has 5 heteroatoms.